The van der Waals surface area contributed by atoms with Crippen molar-refractivity contribution in [2.75, 3.05) is 0 Å². The highest BCUT2D eigenvalue weighted by Crippen LogP contribution is 2.40. The summed E-state index contributed by atoms with van der Waals surface area (Å²) in [7, 11) is 0. The van der Waals surface area contributed by atoms with Crippen molar-refractivity contribution < 1.29 is 18.0 Å². The Morgan fingerprint density at radius 1 is 1.07 bits per heavy atom. The van der Waals surface area contributed by atoms with E-state index in [4.69, 9.17) is 10.1 Å². The van der Waals surface area contributed by atoms with Gasteiger partial charge in [-0.05, 0) is 70.4 Å². The third kappa shape index (κ3) is 4.73. The van der Waals surface area contributed by atoms with Crippen LogP contribution in [0.3, 0.4) is 0 Å². The second kappa shape index (κ2) is 10.1. The molecule has 5 heterocycles. The van der Waals surface area contributed by atoms with Gasteiger partial charge < -0.3 is 9.30 Å². The first kappa shape index (κ1) is 28.5. The van der Waals surface area contributed by atoms with E-state index >= 15 is 0 Å². The van der Waals surface area contributed by atoms with Crippen molar-refractivity contribution in [1.29, 1.82) is 0 Å². The highest BCUT2D eigenvalue weighted by Gasteiger charge is 2.36. The molecule has 226 valence electrons. The zero-order valence-electron chi connectivity index (χ0n) is 24.1. The highest BCUT2D eigenvalue weighted by molar-refractivity contribution is 9.10. The number of aromatic nitrogens is 6. The number of imidazole rings is 1. The monoisotopic (exact) mass is 665 g/mol. The van der Waals surface area contributed by atoms with Crippen LogP contribution in [0.4, 0.5) is 13.2 Å². The van der Waals surface area contributed by atoms with Gasteiger partial charge in [0.05, 0.1) is 29.2 Å². The molecule has 1 aliphatic carbocycles. The van der Waals surface area contributed by atoms with E-state index < -0.39 is 23.7 Å². The molecule has 0 unspecified atom stereocenters. The first-order valence-corrected chi connectivity index (χ1v) is 15.0. The van der Waals surface area contributed by atoms with Gasteiger partial charge in [0, 0.05) is 57.4 Å². The summed E-state index contributed by atoms with van der Waals surface area (Å²) in [6, 6.07) is 8.62. The topological polar surface area (TPSA) is 90.3 Å². The molecule has 7 rings (SSSR count). The fraction of sp³-hybridized carbons (Fsp3) is 0.323. The number of amides is 1. The number of hydrogen-bond acceptors (Lipinski definition) is 5. The van der Waals surface area contributed by atoms with E-state index in [0.29, 0.717) is 28.5 Å². The van der Waals surface area contributed by atoms with E-state index in [0.717, 1.165) is 36.0 Å². The number of benzene rings is 1. The summed E-state index contributed by atoms with van der Waals surface area (Å²) >= 11 is 2.94. The molecule has 1 atom stereocenters. The van der Waals surface area contributed by atoms with Crippen LogP contribution in [0.2, 0.25) is 0 Å². The van der Waals surface area contributed by atoms with E-state index in [1.807, 2.05) is 42.6 Å². The van der Waals surface area contributed by atoms with Crippen LogP contribution in [0.25, 0.3) is 17.3 Å². The Labute approximate surface area is 258 Å². The minimum atomic E-state index is -4.63. The standard InChI is InChI=1S/C31H27BrF3N7O2/c1-16-10-22-26(15-40(16)28(43)20-6-7-24(32)23(12-20)31(33,34)35)37-30(42-17(2)11-25(38-42)19-4-5-19)41(29(22)44)21-8-9-39-18(3)14-36-27(39)13-21/h6-9,11-14,16,19H,4-5,10,15H2,1-3H3/t16-/m1/s1. The van der Waals surface area contributed by atoms with E-state index in [1.165, 1.54) is 21.6 Å². The van der Waals surface area contributed by atoms with Gasteiger partial charge in [0.15, 0.2) is 0 Å². The van der Waals surface area contributed by atoms with Crippen molar-refractivity contribution in [3.05, 3.63) is 103 Å². The third-order valence-corrected chi connectivity index (χ3v) is 9.10. The van der Waals surface area contributed by atoms with Gasteiger partial charge in [-0.25, -0.2) is 19.2 Å². The van der Waals surface area contributed by atoms with Crippen molar-refractivity contribution in [2.45, 2.75) is 64.7 Å². The largest absolute Gasteiger partial charge is 0.417 e. The Hall–Kier alpha value is -4.26. The molecule has 0 spiro atoms. The maximum absolute atomic E-state index is 14.3. The highest BCUT2D eigenvalue weighted by atomic mass is 79.9. The smallest absolute Gasteiger partial charge is 0.330 e. The fourth-order valence-corrected chi connectivity index (χ4v) is 6.32. The lowest BCUT2D eigenvalue weighted by atomic mass is 9.98. The zero-order valence-corrected chi connectivity index (χ0v) is 25.6. The van der Waals surface area contributed by atoms with Crippen molar-refractivity contribution in [2.24, 2.45) is 0 Å². The molecule has 0 bridgehead atoms. The van der Waals surface area contributed by atoms with Crippen molar-refractivity contribution >= 4 is 27.5 Å². The molecule has 1 amide bonds. The molecule has 2 aliphatic rings. The summed E-state index contributed by atoms with van der Waals surface area (Å²) in [6.07, 6.45) is 1.27. The number of carbonyl (C=O) groups is 1. The van der Waals surface area contributed by atoms with Crippen LogP contribution in [0, 0.1) is 13.8 Å². The van der Waals surface area contributed by atoms with E-state index in [9.17, 15) is 22.8 Å². The summed E-state index contributed by atoms with van der Waals surface area (Å²) in [6.45, 7) is 5.58. The summed E-state index contributed by atoms with van der Waals surface area (Å²) < 4.78 is 45.8. The molecule has 1 aromatic carbocycles. The Balaban J connectivity index is 1.36. The van der Waals surface area contributed by atoms with Crippen molar-refractivity contribution in [1.82, 2.24) is 33.6 Å². The van der Waals surface area contributed by atoms with Crippen LogP contribution in [-0.4, -0.2) is 45.6 Å². The van der Waals surface area contributed by atoms with Gasteiger partial charge in [-0.1, -0.05) is 15.9 Å². The predicted molar refractivity (Wildman–Crippen MR) is 159 cm³/mol. The summed E-state index contributed by atoms with van der Waals surface area (Å²) in [5, 5.41) is 4.82. The molecule has 1 aliphatic heterocycles. The lowest BCUT2D eigenvalue weighted by molar-refractivity contribution is -0.138. The summed E-state index contributed by atoms with van der Waals surface area (Å²) in [5.74, 6) is 0.0780. The number of aryl methyl sites for hydroxylation is 2. The van der Waals surface area contributed by atoms with Crippen LogP contribution in [0.15, 0.2) is 58.1 Å². The quantitative estimate of drug-likeness (QED) is 0.237. The number of pyridine rings is 1. The van der Waals surface area contributed by atoms with Gasteiger partial charge in [0.25, 0.3) is 11.5 Å². The molecular weight excluding hydrogens is 639 g/mol. The Morgan fingerprint density at radius 2 is 1.84 bits per heavy atom. The maximum atomic E-state index is 14.3. The van der Waals surface area contributed by atoms with Crippen molar-refractivity contribution in [3.63, 3.8) is 0 Å². The number of alkyl halides is 3. The molecule has 4 aromatic heterocycles. The van der Waals surface area contributed by atoms with Crippen molar-refractivity contribution in [3.8, 4) is 11.6 Å². The summed E-state index contributed by atoms with van der Waals surface area (Å²) in [5.41, 5.74) is 3.45. The van der Waals surface area contributed by atoms with Crippen LogP contribution >= 0.6 is 15.9 Å². The first-order chi connectivity index (χ1) is 20.9. The average molecular weight is 667 g/mol. The second-order valence-corrected chi connectivity index (χ2v) is 12.4. The molecule has 0 radical (unpaired) electrons. The van der Waals surface area contributed by atoms with Gasteiger partial charge in [-0.3, -0.25) is 9.59 Å². The third-order valence-electron chi connectivity index (χ3n) is 8.41. The molecule has 0 N–H and O–H groups in total. The number of rotatable bonds is 4. The maximum Gasteiger partial charge on any atom is 0.417 e. The Kier molecular flexibility index (Phi) is 6.57. The Bertz CT molecular complexity index is 2040. The predicted octanol–water partition coefficient (Wildman–Crippen LogP) is 5.93. The molecule has 5 aromatic rings. The molecule has 1 fully saturated rings. The molecule has 44 heavy (non-hydrogen) atoms. The number of fused-ring (bicyclic) bond motifs is 2. The zero-order chi connectivity index (χ0) is 31.1. The minimum absolute atomic E-state index is 0.0376. The van der Waals surface area contributed by atoms with Gasteiger partial charge >= 0.3 is 6.18 Å². The number of nitrogens with zero attached hydrogens (tertiary/aromatic N) is 7. The van der Waals surface area contributed by atoms with E-state index in [-0.39, 0.29) is 34.5 Å². The lowest BCUT2D eigenvalue weighted by Gasteiger charge is -2.34. The molecule has 9 nitrogen and oxygen atoms in total. The summed E-state index contributed by atoms with van der Waals surface area (Å²) in [4.78, 5) is 38.8. The lowest BCUT2D eigenvalue weighted by Crippen LogP contribution is -2.46. The molecule has 1 saturated carbocycles. The second-order valence-electron chi connectivity index (χ2n) is 11.6. The molecular formula is C31H27BrF3N7O2. The minimum Gasteiger partial charge on any atom is -0.330 e. The fourth-order valence-electron chi connectivity index (χ4n) is 5.85. The normalized spacial score (nSPS) is 16.9. The van der Waals surface area contributed by atoms with E-state index in [2.05, 4.69) is 20.9 Å². The number of hydrogen-bond donors (Lipinski definition) is 0. The van der Waals surface area contributed by atoms with E-state index in [1.54, 1.807) is 17.8 Å². The van der Waals surface area contributed by atoms with Crippen LogP contribution in [0.5, 0.6) is 0 Å². The first-order valence-electron chi connectivity index (χ1n) is 14.2. The van der Waals surface area contributed by atoms with Gasteiger partial charge in [0.2, 0.25) is 5.95 Å². The molecule has 0 saturated heterocycles. The number of halogens is 4. The van der Waals surface area contributed by atoms with Crippen LogP contribution in [-0.2, 0) is 19.1 Å². The van der Waals surface area contributed by atoms with Crippen LogP contribution in [0.1, 0.15) is 69.9 Å². The average Bonchev–Trinajstić information content (AvgIpc) is 3.67. The van der Waals surface area contributed by atoms with Crippen LogP contribution < -0.4 is 5.56 Å². The van der Waals surface area contributed by atoms with Gasteiger partial charge in [0.1, 0.15) is 5.65 Å². The molecule has 13 heteroatoms. The number of carbonyl (C=O) groups excluding carboxylic acids is 1. The Morgan fingerprint density at radius 3 is 2.57 bits per heavy atom. The SMILES string of the molecule is Cc1cc(C2CC2)nn1-c1nc2c(c(=O)n1-c1ccn3c(C)cnc3c1)C[C@@H](C)N(C(=O)c1ccc(Br)c(C(F)(F)F)c1)C2. The van der Waals surface area contributed by atoms with Gasteiger partial charge in [-0.15, -0.1) is 0 Å². The van der Waals surface area contributed by atoms with Gasteiger partial charge in [-0.2, -0.15) is 18.3 Å².